The fraction of sp³-hybridized carbons (Fsp3) is 0.235. The van der Waals surface area contributed by atoms with Gasteiger partial charge in [-0.05, 0) is 80.1 Å². The van der Waals surface area contributed by atoms with Crippen molar-refractivity contribution in [1.82, 2.24) is 9.55 Å². The van der Waals surface area contributed by atoms with Crippen LogP contribution < -0.4 is 25.1 Å². The lowest BCUT2D eigenvalue weighted by atomic mass is 10.2. The van der Waals surface area contributed by atoms with Gasteiger partial charge >= 0.3 is 7.60 Å². The second-order valence-electron chi connectivity index (χ2n) is 9.98. The summed E-state index contributed by atoms with van der Waals surface area (Å²) in [7, 11) is -0.728. The van der Waals surface area contributed by atoms with Crippen LogP contribution in [0.25, 0.3) is 16.6 Å². The lowest BCUT2D eigenvalue weighted by Gasteiger charge is -2.29. The fourth-order valence-corrected chi connectivity index (χ4v) is 6.97. The predicted octanol–water partition coefficient (Wildman–Crippen LogP) is 7.50. The Morgan fingerprint density at radius 2 is 1.52 bits per heavy atom. The Balaban J connectivity index is 1.53. The molecule has 12 heteroatoms. The van der Waals surface area contributed by atoms with Crippen LogP contribution in [-0.2, 0) is 20.2 Å². The minimum Gasteiger partial charge on any atom is -0.495 e. The number of anilines is 1. The zero-order valence-corrected chi connectivity index (χ0v) is 26.8. The van der Waals surface area contributed by atoms with Gasteiger partial charge in [-0.25, -0.2) is 9.37 Å². The van der Waals surface area contributed by atoms with Crippen molar-refractivity contribution in [2.45, 2.75) is 26.2 Å². The molecule has 1 unspecified atom stereocenters. The summed E-state index contributed by atoms with van der Waals surface area (Å²) in [5.74, 6) is 0.170. The van der Waals surface area contributed by atoms with Crippen molar-refractivity contribution >= 4 is 24.2 Å². The van der Waals surface area contributed by atoms with Crippen LogP contribution in [0.5, 0.6) is 17.2 Å². The van der Waals surface area contributed by atoms with Crippen molar-refractivity contribution in [2.24, 2.45) is 0 Å². The zero-order valence-electron chi connectivity index (χ0n) is 25.9. The van der Waals surface area contributed by atoms with Gasteiger partial charge in [0.1, 0.15) is 18.2 Å². The number of methoxy groups -OCH3 is 2. The van der Waals surface area contributed by atoms with Gasteiger partial charge in [-0.1, -0.05) is 30.3 Å². The van der Waals surface area contributed by atoms with Gasteiger partial charge in [-0.2, -0.15) is 0 Å². The SMILES string of the molecule is CCOP(=O)(OCC)C(Nc1ccccc1OC)c1ccc(OCc2nc3ccccc3c(=O)n2-c2ccc(F)cc2)c(OC)c1. The highest BCUT2D eigenvalue weighted by molar-refractivity contribution is 7.54. The number of halogens is 1. The van der Waals surface area contributed by atoms with E-state index in [4.69, 9.17) is 28.2 Å². The van der Waals surface area contributed by atoms with E-state index in [1.807, 2.05) is 12.1 Å². The van der Waals surface area contributed by atoms with Crippen LogP contribution in [0, 0.1) is 5.82 Å². The molecular weight excluding hydrogens is 612 g/mol. The Labute approximate surface area is 266 Å². The molecule has 0 saturated heterocycles. The van der Waals surface area contributed by atoms with Crippen molar-refractivity contribution in [1.29, 1.82) is 0 Å². The van der Waals surface area contributed by atoms with Crippen molar-refractivity contribution in [2.75, 3.05) is 32.8 Å². The molecule has 0 saturated carbocycles. The Hall–Kier alpha value is -4.70. The Morgan fingerprint density at radius 1 is 0.848 bits per heavy atom. The van der Waals surface area contributed by atoms with Crippen LogP contribution in [0.15, 0.2) is 95.8 Å². The van der Waals surface area contributed by atoms with Gasteiger partial charge in [0.15, 0.2) is 23.1 Å². The molecule has 0 bridgehead atoms. The van der Waals surface area contributed by atoms with E-state index in [0.29, 0.717) is 50.9 Å². The second kappa shape index (κ2) is 14.6. The fourth-order valence-electron chi connectivity index (χ4n) is 5.05. The average molecular weight is 648 g/mol. The third-order valence-corrected chi connectivity index (χ3v) is 9.42. The molecule has 5 rings (SSSR count). The highest BCUT2D eigenvalue weighted by Gasteiger charge is 2.38. The summed E-state index contributed by atoms with van der Waals surface area (Å²) in [5, 5.41) is 3.71. The van der Waals surface area contributed by atoms with Crippen molar-refractivity contribution < 1.29 is 32.2 Å². The van der Waals surface area contributed by atoms with E-state index in [9.17, 15) is 13.8 Å². The van der Waals surface area contributed by atoms with Crippen LogP contribution in [0.2, 0.25) is 0 Å². The molecule has 0 radical (unpaired) electrons. The number of fused-ring (bicyclic) bond motifs is 1. The first-order chi connectivity index (χ1) is 22.3. The maximum Gasteiger partial charge on any atom is 0.357 e. The number of hydrogen-bond acceptors (Lipinski definition) is 9. The maximum absolute atomic E-state index is 14.2. The van der Waals surface area contributed by atoms with Crippen LogP contribution in [0.1, 0.15) is 31.0 Å². The minimum absolute atomic E-state index is 0.119. The van der Waals surface area contributed by atoms with Gasteiger partial charge in [0.05, 0.1) is 49.7 Å². The number of rotatable bonds is 14. The van der Waals surface area contributed by atoms with Crippen molar-refractivity contribution in [3.63, 3.8) is 0 Å². The van der Waals surface area contributed by atoms with Crippen molar-refractivity contribution in [3.05, 3.63) is 119 Å². The molecule has 1 N–H and O–H groups in total. The molecule has 1 heterocycles. The van der Waals surface area contributed by atoms with Crippen LogP contribution in [-0.4, -0.2) is 37.0 Å². The summed E-state index contributed by atoms with van der Waals surface area (Å²) in [6.45, 7) is 3.69. The summed E-state index contributed by atoms with van der Waals surface area (Å²) in [4.78, 5) is 18.3. The van der Waals surface area contributed by atoms with Gasteiger partial charge in [0.2, 0.25) is 0 Å². The molecule has 0 fully saturated rings. The Morgan fingerprint density at radius 3 is 2.22 bits per heavy atom. The minimum atomic E-state index is -3.77. The van der Waals surface area contributed by atoms with Crippen LogP contribution in [0.3, 0.4) is 0 Å². The number of aromatic nitrogens is 2. The van der Waals surface area contributed by atoms with Gasteiger partial charge in [0, 0.05) is 0 Å². The maximum atomic E-state index is 14.2. The number of nitrogens with zero attached hydrogens (tertiary/aromatic N) is 2. The first-order valence-corrected chi connectivity index (χ1v) is 16.3. The third kappa shape index (κ3) is 6.92. The lowest BCUT2D eigenvalue weighted by molar-refractivity contribution is 0.214. The molecule has 240 valence electrons. The van der Waals surface area contributed by atoms with Gasteiger partial charge in [0.25, 0.3) is 5.56 Å². The second-order valence-corrected chi connectivity index (χ2v) is 12.1. The third-order valence-electron chi connectivity index (χ3n) is 7.12. The summed E-state index contributed by atoms with van der Waals surface area (Å²) in [5.41, 5.74) is 1.77. The Bertz CT molecular complexity index is 1910. The van der Waals surface area contributed by atoms with Crippen LogP contribution in [0.4, 0.5) is 10.1 Å². The smallest absolute Gasteiger partial charge is 0.357 e. The van der Waals surface area contributed by atoms with E-state index in [1.165, 1.54) is 35.9 Å². The van der Waals surface area contributed by atoms with E-state index < -0.39 is 19.2 Å². The number of hydrogen-bond donors (Lipinski definition) is 1. The van der Waals surface area contributed by atoms with Gasteiger partial charge in [-0.3, -0.25) is 13.9 Å². The molecule has 1 atom stereocenters. The molecule has 4 aromatic carbocycles. The summed E-state index contributed by atoms with van der Waals surface area (Å²) >= 11 is 0. The number of para-hydroxylation sites is 3. The van der Waals surface area contributed by atoms with Crippen LogP contribution >= 0.6 is 7.60 Å². The molecule has 0 spiro atoms. The number of ether oxygens (including phenoxy) is 3. The standard InChI is InChI=1S/C34H35FN3O7P/c1-5-44-46(40,45-6-2)33(37-28-13-9-10-14-29(28)41-3)23-15-20-30(31(21-23)42-4)43-22-32-36-27-12-8-7-11-26(27)34(39)38(32)25-18-16-24(35)17-19-25/h7-21,33,37H,5-6,22H2,1-4H3. The van der Waals surface area contributed by atoms with E-state index in [1.54, 1.807) is 75.6 Å². The highest BCUT2D eigenvalue weighted by atomic mass is 31.2. The summed E-state index contributed by atoms with van der Waals surface area (Å²) < 4.78 is 58.2. The molecule has 10 nitrogen and oxygen atoms in total. The zero-order chi connectivity index (χ0) is 32.7. The molecule has 0 aliphatic rings. The molecular formula is C34H35FN3O7P. The monoisotopic (exact) mass is 647 g/mol. The summed E-state index contributed by atoms with van der Waals surface area (Å²) in [6, 6.07) is 24.9. The van der Waals surface area contributed by atoms with E-state index in [-0.39, 0.29) is 25.4 Å². The van der Waals surface area contributed by atoms with Crippen molar-refractivity contribution in [3.8, 4) is 22.9 Å². The van der Waals surface area contributed by atoms with E-state index in [2.05, 4.69) is 5.32 Å². The van der Waals surface area contributed by atoms with E-state index >= 15 is 0 Å². The lowest BCUT2D eigenvalue weighted by Crippen LogP contribution is -2.25. The average Bonchev–Trinajstić information content (AvgIpc) is 3.07. The summed E-state index contributed by atoms with van der Waals surface area (Å²) in [6.07, 6.45) is 0. The van der Waals surface area contributed by atoms with E-state index in [0.717, 1.165) is 0 Å². The number of benzene rings is 4. The molecule has 46 heavy (non-hydrogen) atoms. The normalized spacial score (nSPS) is 12.1. The quantitative estimate of drug-likeness (QED) is 0.123. The molecule has 1 aromatic heterocycles. The largest absolute Gasteiger partial charge is 0.495 e. The predicted molar refractivity (Wildman–Crippen MR) is 175 cm³/mol. The van der Waals surface area contributed by atoms with Gasteiger partial charge < -0.3 is 28.6 Å². The topological polar surface area (TPSA) is 110 Å². The Kier molecular flexibility index (Phi) is 10.4. The highest BCUT2D eigenvalue weighted by Crippen LogP contribution is 2.61. The molecule has 0 amide bonds. The first-order valence-electron chi connectivity index (χ1n) is 14.7. The first kappa shape index (κ1) is 32.7. The molecule has 0 aliphatic heterocycles. The molecule has 5 aromatic rings. The molecule has 0 aliphatic carbocycles. The van der Waals surface area contributed by atoms with Gasteiger partial charge in [-0.15, -0.1) is 0 Å². The number of nitrogens with one attached hydrogen (secondary N) is 1.